The van der Waals surface area contributed by atoms with Crippen molar-refractivity contribution in [2.75, 3.05) is 19.6 Å². The summed E-state index contributed by atoms with van der Waals surface area (Å²) in [5.41, 5.74) is 5.45. The number of aliphatic hydroxyl groups is 1. The second-order valence-corrected chi connectivity index (χ2v) is 3.96. The maximum absolute atomic E-state index is 11.7. The SMILES string of the molecule is NCC1CCC(C(=O)N2CC(O)C2)O1. The van der Waals surface area contributed by atoms with Gasteiger partial charge in [-0.05, 0) is 12.8 Å². The van der Waals surface area contributed by atoms with Crippen molar-refractivity contribution in [3.8, 4) is 0 Å². The molecule has 5 nitrogen and oxygen atoms in total. The summed E-state index contributed by atoms with van der Waals surface area (Å²) in [7, 11) is 0. The molecule has 2 saturated heterocycles. The minimum Gasteiger partial charge on any atom is -0.389 e. The molecule has 2 aliphatic heterocycles. The van der Waals surface area contributed by atoms with Crippen molar-refractivity contribution < 1.29 is 14.6 Å². The predicted molar refractivity (Wildman–Crippen MR) is 49.5 cm³/mol. The molecule has 3 N–H and O–H groups in total. The Morgan fingerprint density at radius 1 is 1.50 bits per heavy atom. The second-order valence-electron chi connectivity index (χ2n) is 3.96. The lowest BCUT2D eigenvalue weighted by Crippen LogP contribution is -2.56. The van der Waals surface area contributed by atoms with Gasteiger partial charge in [0.25, 0.3) is 5.91 Å². The van der Waals surface area contributed by atoms with Crippen LogP contribution in [-0.2, 0) is 9.53 Å². The van der Waals surface area contributed by atoms with Crippen LogP contribution < -0.4 is 5.73 Å². The molecule has 0 aromatic heterocycles. The molecule has 0 bridgehead atoms. The molecule has 1 amide bonds. The number of β-amino-alcohol motifs (C(OH)–C–C–N with tert-alkyl or cyclic N) is 1. The topological polar surface area (TPSA) is 75.8 Å². The summed E-state index contributed by atoms with van der Waals surface area (Å²) < 4.78 is 5.47. The van der Waals surface area contributed by atoms with Gasteiger partial charge in [-0.15, -0.1) is 0 Å². The van der Waals surface area contributed by atoms with Crippen LogP contribution in [0.2, 0.25) is 0 Å². The van der Waals surface area contributed by atoms with E-state index in [4.69, 9.17) is 15.6 Å². The molecule has 0 aromatic carbocycles. The number of nitrogens with two attached hydrogens (primary N) is 1. The number of rotatable bonds is 2. The van der Waals surface area contributed by atoms with Crippen LogP contribution in [0.4, 0.5) is 0 Å². The molecule has 2 unspecified atom stereocenters. The maximum atomic E-state index is 11.7. The lowest BCUT2D eigenvalue weighted by molar-refractivity contribution is -0.152. The minimum absolute atomic E-state index is 0.00579. The van der Waals surface area contributed by atoms with Crippen LogP contribution in [0.15, 0.2) is 0 Å². The van der Waals surface area contributed by atoms with Gasteiger partial charge in [0.05, 0.1) is 12.2 Å². The van der Waals surface area contributed by atoms with Gasteiger partial charge in [-0.1, -0.05) is 0 Å². The van der Waals surface area contributed by atoms with Crippen molar-refractivity contribution in [1.29, 1.82) is 0 Å². The first-order valence-corrected chi connectivity index (χ1v) is 5.03. The highest BCUT2D eigenvalue weighted by atomic mass is 16.5. The van der Waals surface area contributed by atoms with Crippen molar-refractivity contribution in [2.45, 2.75) is 31.2 Å². The van der Waals surface area contributed by atoms with Gasteiger partial charge in [0, 0.05) is 19.6 Å². The Balaban J connectivity index is 1.82. The van der Waals surface area contributed by atoms with Gasteiger partial charge in [0.2, 0.25) is 0 Å². The molecule has 0 radical (unpaired) electrons. The number of hydrogen-bond donors (Lipinski definition) is 2. The lowest BCUT2D eigenvalue weighted by Gasteiger charge is -2.37. The Morgan fingerprint density at radius 2 is 2.21 bits per heavy atom. The van der Waals surface area contributed by atoms with Crippen molar-refractivity contribution in [1.82, 2.24) is 4.90 Å². The fourth-order valence-corrected chi connectivity index (χ4v) is 1.90. The van der Waals surface area contributed by atoms with Crippen molar-refractivity contribution in [2.24, 2.45) is 5.73 Å². The Bertz CT molecular complexity index is 228. The molecular formula is C9H16N2O3. The van der Waals surface area contributed by atoms with Gasteiger partial charge in [-0.3, -0.25) is 4.79 Å². The average Bonchev–Trinajstić information content (AvgIpc) is 2.60. The fraction of sp³-hybridized carbons (Fsp3) is 0.889. The van der Waals surface area contributed by atoms with Crippen LogP contribution in [0.5, 0.6) is 0 Å². The molecule has 0 spiro atoms. The summed E-state index contributed by atoms with van der Waals surface area (Å²) in [6.45, 7) is 1.38. The number of carbonyl (C=O) groups is 1. The van der Waals surface area contributed by atoms with Gasteiger partial charge >= 0.3 is 0 Å². The number of carbonyl (C=O) groups excluding carboxylic acids is 1. The van der Waals surface area contributed by atoms with Crippen LogP contribution in [0.1, 0.15) is 12.8 Å². The summed E-state index contributed by atoms with van der Waals surface area (Å²) in [5.74, 6) is 0.00579. The summed E-state index contributed by atoms with van der Waals surface area (Å²) in [6.07, 6.45) is 0.994. The zero-order chi connectivity index (χ0) is 10.1. The molecule has 0 aliphatic carbocycles. The first kappa shape index (κ1) is 9.89. The highest BCUT2D eigenvalue weighted by Gasteiger charge is 2.37. The highest BCUT2D eigenvalue weighted by molar-refractivity contribution is 5.82. The fourth-order valence-electron chi connectivity index (χ4n) is 1.90. The number of ether oxygens (including phenoxy) is 1. The summed E-state index contributed by atoms with van der Waals surface area (Å²) in [5, 5.41) is 9.05. The largest absolute Gasteiger partial charge is 0.389 e. The zero-order valence-electron chi connectivity index (χ0n) is 8.06. The van der Waals surface area contributed by atoms with Gasteiger partial charge in [0.15, 0.2) is 0 Å². The number of nitrogens with zero attached hydrogens (tertiary/aromatic N) is 1. The third kappa shape index (κ3) is 1.75. The molecule has 80 valence electrons. The third-order valence-corrected chi connectivity index (χ3v) is 2.82. The van der Waals surface area contributed by atoms with Crippen LogP contribution in [0.25, 0.3) is 0 Å². The highest BCUT2D eigenvalue weighted by Crippen LogP contribution is 2.22. The normalized spacial score (nSPS) is 33.1. The average molecular weight is 200 g/mol. The predicted octanol–water partition coefficient (Wildman–Crippen LogP) is -1.30. The van der Waals surface area contributed by atoms with E-state index in [0.29, 0.717) is 19.6 Å². The van der Waals surface area contributed by atoms with Gasteiger partial charge in [-0.2, -0.15) is 0 Å². The van der Waals surface area contributed by atoms with Crippen LogP contribution in [0, 0.1) is 0 Å². The van der Waals surface area contributed by atoms with E-state index >= 15 is 0 Å². The van der Waals surface area contributed by atoms with Gasteiger partial charge in [0.1, 0.15) is 6.10 Å². The standard InChI is InChI=1S/C9H16N2O3/c10-3-7-1-2-8(14-7)9(13)11-4-6(12)5-11/h6-8,12H,1-5,10H2. The first-order valence-electron chi connectivity index (χ1n) is 5.03. The molecule has 14 heavy (non-hydrogen) atoms. The van der Waals surface area contributed by atoms with E-state index < -0.39 is 0 Å². The molecule has 2 atom stereocenters. The first-order chi connectivity index (χ1) is 6.70. The number of hydrogen-bond acceptors (Lipinski definition) is 4. The number of aliphatic hydroxyl groups excluding tert-OH is 1. The van der Waals surface area contributed by atoms with Crippen LogP contribution in [0.3, 0.4) is 0 Å². The van der Waals surface area contributed by atoms with E-state index in [-0.39, 0.29) is 24.2 Å². The Morgan fingerprint density at radius 3 is 2.71 bits per heavy atom. The Kier molecular flexibility index (Phi) is 2.71. The molecule has 2 fully saturated rings. The third-order valence-electron chi connectivity index (χ3n) is 2.82. The summed E-state index contributed by atoms with van der Waals surface area (Å²) >= 11 is 0. The molecule has 2 aliphatic rings. The Hall–Kier alpha value is -0.650. The smallest absolute Gasteiger partial charge is 0.251 e. The van der Waals surface area contributed by atoms with E-state index in [1.165, 1.54) is 0 Å². The van der Waals surface area contributed by atoms with Crippen molar-refractivity contribution >= 4 is 5.91 Å². The molecule has 2 rings (SSSR count). The van der Waals surface area contributed by atoms with Crippen LogP contribution >= 0.6 is 0 Å². The zero-order valence-corrected chi connectivity index (χ0v) is 8.06. The summed E-state index contributed by atoms with van der Waals surface area (Å²) in [6, 6.07) is 0. The van der Waals surface area contributed by atoms with E-state index in [1.54, 1.807) is 4.90 Å². The molecular weight excluding hydrogens is 184 g/mol. The van der Waals surface area contributed by atoms with E-state index in [2.05, 4.69) is 0 Å². The monoisotopic (exact) mass is 200 g/mol. The van der Waals surface area contributed by atoms with Crippen molar-refractivity contribution in [3.05, 3.63) is 0 Å². The van der Waals surface area contributed by atoms with Crippen LogP contribution in [-0.4, -0.2) is 53.9 Å². The van der Waals surface area contributed by atoms with Crippen molar-refractivity contribution in [3.63, 3.8) is 0 Å². The van der Waals surface area contributed by atoms with E-state index in [1.807, 2.05) is 0 Å². The summed E-state index contributed by atoms with van der Waals surface area (Å²) in [4.78, 5) is 13.3. The Labute approximate surface area is 82.8 Å². The molecule has 2 heterocycles. The number of amides is 1. The lowest BCUT2D eigenvalue weighted by atomic mass is 10.1. The minimum atomic E-state index is -0.342. The van der Waals surface area contributed by atoms with Gasteiger partial charge in [-0.25, -0.2) is 0 Å². The quantitative estimate of drug-likeness (QED) is 0.580. The van der Waals surface area contributed by atoms with E-state index in [9.17, 15) is 4.79 Å². The van der Waals surface area contributed by atoms with E-state index in [0.717, 1.165) is 12.8 Å². The second kappa shape index (κ2) is 3.84. The van der Waals surface area contributed by atoms with Gasteiger partial charge < -0.3 is 20.5 Å². The molecule has 5 heteroatoms. The number of likely N-dealkylation sites (tertiary alicyclic amines) is 1. The maximum Gasteiger partial charge on any atom is 0.251 e. The molecule has 0 saturated carbocycles. The molecule has 0 aromatic rings.